The first-order valence-corrected chi connectivity index (χ1v) is 9.97. The molecule has 3 aromatic rings. The minimum atomic E-state index is -4.35. The molecular weight excluding hydrogens is 431 g/mol. The van der Waals surface area contributed by atoms with Crippen LogP contribution in [-0.4, -0.2) is 28.4 Å². The number of carbonyl (C=O) groups is 1. The maximum Gasteiger partial charge on any atom is 0.416 e. The SMILES string of the molecule is CCCC(=N)OC(=N)Cc1nc2cc(-c3ccc(C(F)(F)F)cc3)ccc2s1.O=CO. The highest BCUT2D eigenvalue weighted by Crippen LogP contribution is 2.32. The number of halogens is 3. The van der Waals surface area contributed by atoms with Crippen molar-refractivity contribution in [3.05, 3.63) is 53.0 Å². The molecule has 3 N–H and O–H groups in total. The van der Waals surface area contributed by atoms with Crippen molar-refractivity contribution in [3.8, 4) is 11.1 Å². The predicted octanol–water partition coefficient (Wildman–Crippen LogP) is 6.00. The molecule has 164 valence electrons. The molecule has 10 heteroatoms. The summed E-state index contributed by atoms with van der Waals surface area (Å²) in [7, 11) is 0. The fourth-order valence-corrected chi connectivity index (χ4v) is 3.63. The first-order chi connectivity index (χ1) is 14.7. The molecule has 0 amide bonds. The summed E-state index contributed by atoms with van der Waals surface area (Å²) in [5.74, 6) is 0.0404. The molecule has 2 aromatic carbocycles. The highest BCUT2D eigenvalue weighted by Gasteiger charge is 2.29. The summed E-state index contributed by atoms with van der Waals surface area (Å²) in [5, 5.41) is 23.1. The van der Waals surface area contributed by atoms with E-state index in [-0.39, 0.29) is 24.7 Å². The molecular formula is C21H20F3N3O3S. The van der Waals surface area contributed by atoms with Gasteiger partial charge < -0.3 is 9.84 Å². The number of rotatable bonds is 5. The Labute approximate surface area is 180 Å². The minimum absolute atomic E-state index is 0.0273. The number of alkyl halides is 3. The van der Waals surface area contributed by atoms with Gasteiger partial charge in [0.15, 0.2) is 11.8 Å². The number of ether oxygens (including phenoxy) is 1. The average molecular weight is 451 g/mol. The Hall–Kier alpha value is -3.27. The summed E-state index contributed by atoms with van der Waals surface area (Å²) in [6.07, 6.45) is -2.90. The minimum Gasteiger partial charge on any atom is -0.483 e. The molecule has 0 saturated heterocycles. The third-order valence-electron chi connectivity index (χ3n) is 4.01. The fraction of sp³-hybridized carbons (Fsp3) is 0.238. The molecule has 0 fully saturated rings. The second-order valence-electron chi connectivity index (χ2n) is 6.35. The molecule has 0 aliphatic carbocycles. The van der Waals surface area contributed by atoms with Gasteiger partial charge in [-0.15, -0.1) is 11.3 Å². The molecule has 0 atom stereocenters. The molecule has 0 aliphatic rings. The van der Waals surface area contributed by atoms with E-state index in [4.69, 9.17) is 25.5 Å². The zero-order chi connectivity index (χ0) is 23.0. The second kappa shape index (κ2) is 10.7. The van der Waals surface area contributed by atoms with E-state index in [0.29, 0.717) is 22.5 Å². The van der Waals surface area contributed by atoms with Gasteiger partial charge in [0.05, 0.1) is 22.2 Å². The van der Waals surface area contributed by atoms with Gasteiger partial charge in [-0.25, -0.2) is 4.98 Å². The zero-order valence-electron chi connectivity index (χ0n) is 16.5. The predicted molar refractivity (Wildman–Crippen MR) is 114 cm³/mol. The van der Waals surface area contributed by atoms with E-state index in [1.165, 1.54) is 23.5 Å². The fourth-order valence-electron chi connectivity index (χ4n) is 2.68. The smallest absolute Gasteiger partial charge is 0.416 e. The first-order valence-electron chi connectivity index (χ1n) is 9.15. The van der Waals surface area contributed by atoms with Gasteiger partial charge in [-0.2, -0.15) is 13.2 Å². The molecule has 0 spiro atoms. The Bertz CT molecular complexity index is 1060. The monoisotopic (exact) mass is 451 g/mol. The number of thiazole rings is 1. The van der Waals surface area contributed by atoms with Gasteiger partial charge in [-0.05, 0) is 41.8 Å². The molecule has 0 unspecified atom stereocenters. The summed E-state index contributed by atoms with van der Waals surface area (Å²) in [4.78, 5) is 12.9. The zero-order valence-corrected chi connectivity index (χ0v) is 17.3. The first kappa shape index (κ1) is 24.0. The molecule has 6 nitrogen and oxygen atoms in total. The van der Waals surface area contributed by atoms with Crippen molar-refractivity contribution < 1.29 is 27.8 Å². The Morgan fingerprint density at radius 1 is 1.13 bits per heavy atom. The topological polar surface area (TPSA) is 107 Å². The summed E-state index contributed by atoms with van der Waals surface area (Å²) < 4.78 is 44.2. The van der Waals surface area contributed by atoms with Gasteiger partial charge in [-0.1, -0.05) is 25.1 Å². The molecule has 0 aliphatic heterocycles. The number of nitrogens with zero attached hydrogens (tertiary/aromatic N) is 1. The number of benzene rings is 2. The van der Waals surface area contributed by atoms with Crippen molar-refractivity contribution in [2.75, 3.05) is 0 Å². The highest BCUT2D eigenvalue weighted by molar-refractivity contribution is 7.18. The quantitative estimate of drug-likeness (QED) is 0.251. The van der Waals surface area contributed by atoms with E-state index >= 15 is 0 Å². The third-order valence-corrected chi connectivity index (χ3v) is 5.05. The molecule has 3 rings (SSSR count). The van der Waals surface area contributed by atoms with Crippen molar-refractivity contribution in [3.63, 3.8) is 0 Å². The highest BCUT2D eigenvalue weighted by atomic mass is 32.1. The summed E-state index contributed by atoms with van der Waals surface area (Å²) >= 11 is 1.42. The number of fused-ring (bicyclic) bond motifs is 1. The van der Waals surface area contributed by atoms with E-state index < -0.39 is 11.7 Å². The number of aromatic nitrogens is 1. The van der Waals surface area contributed by atoms with E-state index in [1.807, 2.05) is 25.1 Å². The third kappa shape index (κ3) is 6.88. The van der Waals surface area contributed by atoms with Crippen molar-refractivity contribution in [2.45, 2.75) is 32.4 Å². The van der Waals surface area contributed by atoms with E-state index in [2.05, 4.69) is 4.98 Å². The van der Waals surface area contributed by atoms with E-state index in [9.17, 15) is 13.2 Å². The Morgan fingerprint density at radius 3 is 2.32 bits per heavy atom. The summed E-state index contributed by atoms with van der Waals surface area (Å²) in [6, 6.07) is 10.5. The lowest BCUT2D eigenvalue weighted by atomic mass is 10.0. The van der Waals surface area contributed by atoms with Crippen LogP contribution in [-0.2, 0) is 22.1 Å². The van der Waals surface area contributed by atoms with Crippen molar-refractivity contribution in [1.29, 1.82) is 10.8 Å². The van der Waals surface area contributed by atoms with Crippen LogP contribution in [0.3, 0.4) is 0 Å². The standard InChI is InChI=1S/C20H18F3N3OS.CH2O2/c1-2-3-17(24)27-18(25)11-19-26-15-10-13(6-9-16(15)28-19)12-4-7-14(8-5-12)20(21,22)23;2-1-3/h4-10,24-25H,2-3,11H2,1H3;1H,(H,2,3). The number of carboxylic acid groups (broad SMARTS) is 1. The summed E-state index contributed by atoms with van der Waals surface area (Å²) in [5.41, 5.74) is 1.48. The van der Waals surface area contributed by atoms with Crippen LogP contribution >= 0.6 is 11.3 Å². The van der Waals surface area contributed by atoms with Crippen LogP contribution in [0.25, 0.3) is 21.3 Å². The van der Waals surface area contributed by atoms with Crippen LogP contribution in [0.2, 0.25) is 0 Å². The number of hydrogen-bond acceptors (Lipinski definition) is 6. The maximum absolute atomic E-state index is 12.7. The van der Waals surface area contributed by atoms with Gasteiger partial charge in [0, 0.05) is 6.42 Å². The lowest BCUT2D eigenvalue weighted by Crippen LogP contribution is -2.12. The molecule has 1 heterocycles. The molecule has 1 aromatic heterocycles. The Morgan fingerprint density at radius 2 is 1.74 bits per heavy atom. The van der Waals surface area contributed by atoms with Gasteiger partial charge in [0.2, 0.25) is 0 Å². The molecule has 0 saturated carbocycles. The van der Waals surface area contributed by atoms with Crippen LogP contribution < -0.4 is 0 Å². The van der Waals surface area contributed by atoms with Gasteiger partial charge in [-0.3, -0.25) is 15.6 Å². The number of hydrogen-bond donors (Lipinski definition) is 3. The van der Waals surface area contributed by atoms with Crippen LogP contribution in [0.15, 0.2) is 42.5 Å². The maximum atomic E-state index is 12.7. The van der Waals surface area contributed by atoms with Crippen LogP contribution in [0.4, 0.5) is 13.2 Å². The Balaban J connectivity index is 0.00000107. The molecule has 0 radical (unpaired) electrons. The molecule has 31 heavy (non-hydrogen) atoms. The number of nitrogens with one attached hydrogen (secondary N) is 2. The van der Waals surface area contributed by atoms with Crippen LogP contribution in [0.1, 0.15) is 30.3 Å². The largest absolute Gasteiger partial charge is 0.483 e. The average Bonchev–Trinajstić information content (AvgIpc) is 3.09. The molecule has 0 bridgehead atoms. The van der Waals surface area contributed by atoms with Gasteiger partial charge >= 0.3 is 6.18 Å². The van der Waals surface area contributed by atoms with Crippen LogP contribution in [0, 0.1) is 10.8 Å². The van der Waals surface area contributed by atoms with Gasteiger partial charge in [0.25, 0.3) is 6.47 Å². The lowest BCUT2D eigenvalue weighted by molar-refractivity contribution is -0.137. The van der Waals surface area contributed by atoms with Crippen molar-refractivity contribution >= 4 is 39.8 Å². The summed E-state index contributed by atoms with van der Waals surface area (Å²) in [6.45, 7) is 1.68. The van der Waals surface area contributed by atoms with Crippen LogP contribution in [0.5, 0.6) is 0 Å². The van der Waals surface area contributed by atoms with E-state index in [0.717, 1.165) is 28.8 Å². The Kier molecular flexibility index (Phi) is 8.26. The normalized spacial score (nSPS) is 10.8. The lowest BCUT2D eigenvalue weighted by Gasteiger charge is -2.07. The van der Waals surface area contributed by atoms with Crippen molar-refractivity contribution in [2.24, 2.45) is 0 Å². The van der Waals surface area contributed by atoms with Crippen molar-refractivity contribution in [1.82, 2.24) is 4.98 Å². The van der Waals surface area contributed by atoms with E-state index in [1.54, 1.807) is 0 Å². The van der Waals surface area contributed by atoms with Gasteiger partial charge in [0.1, 0.15) is 5.01 Å². The second-order valence-corrected chi connectivity index (χ2v) is 7.46.